The zero-order valence-corrected chi connectivity index (χ0v) is 15.1. The number of anilines is 1. The number of hydrogen-bond donors (Lipinski definition) is 1. The third kappa shape index (κ3) is 2.75. The molecule has 7 heteroatoms. The van der Waals surface area contributed by atoms with E-state index in [2.05, 4.69) is 15.3 Å². The molecule has 2 aliphatic carbocycles. The van der Waals surface area contributed by atoms with E-state index >= 15 is 0 Å². The van der Waals surface area contributed by atoms with E-state index in [1.165, 1.54) is 19.3 Å². The summed E-state index contributed by atoms with van der Waals surface area (Å²) in [5.74, 6) is 2.03. The van der Waals surface area contributed by atoms with Crippen molar-refractivity contribution < 1.29 is 8.42 Å². The van der Waals surface area contributed by atoms with E-state index in [0.717, 1.165) is 17.7 Å². The predicted octanol–water partition coefficient (Wildman–Crippen LogP) is 3.68. The molecular weight excluding hydrogens is 346 g/mol. The van der Waals surface area contributed by atoms with Crippen molar-refractivity contribution in [3.05, 3.63) is 23.2 Å². The van der Waals surface area contributed by atoms with Crippen LogP contribution >= 0.6 is 11.6 Å². The zero-order valence-electron chi connectivity index (χ0n) is 13.5. The Morgan fingerprint density at radius 3 is 2.75 bits per heavy atom. The highest BCUT2D eigenvalue weighted by molar-refractivity contribution is 7.91. The summed E-state index contributed by atoms with van der Waals surface area (Å²) in [5.41, 5.74) is 0.604. The lowest BCUT2D eigenvalue weighted by Gasteiger charge is -2.24. The number of benzene rings is 1. The van der Waals surface area contributed by atoms with Gasteiger partial charge in [0, 0.05) is 16.5 Å². The van der Waals surface area contributed by atoms with Crippen LogP contribution in [0.5, 0.6) is 0 Å². The van der Waals surface area contributed by atoms with E-state index in [4.69, 9.17) is 11.6 Å². The number of nitrogens with zero attached hydrogens (tertiary/aromatic N) is 2. The second-order valence-corrected chi connectivity index (χ2v) is 9.45. The molecule has 128 valence electrons. The molecule has 0 amide bonds. The summed E-state index contributed by atoms with van der Waals surface area (Å²) in [6.45, 7) is 1.60. The van der Waals surface area contributed by atoms with Crippen LogP contribution in [0.25, 0.3) is 10.9 Å². The first-order valence-corrected chi connectivity index (χ1v) is 10.5. The van der Waals surface area contributed by atoms with Gasteiger partial charge in [-0.3, -0.25) is 0 Å². The first-order chi connectivity index (χ1) is 11.5. The van der Waals surface area contributed by atoms with Crippen LogP contribution in [0.4, 0.5) is 5.82 Å². The maximum absolute atomic E-state index is 12.2. The summed E-state index contributed by atoms with van der Waals surface area (Å²) in [7, 11) is -3.46. The van der Waals surface area contributed by atoms with Crippen molar-refractivity contribution >= 4 is 38.2 Å². The average molecular weight is 366 g/mol. The molecular formula is C17H20ClN3O2S. The van der Waals surface area contributed by atoms with Crippen molar-refractivity contribution in [1.29, 1.82) is 0 Å². The molecule has 1 aromatic carbocycles. The Morgan fingerprint density at radius 2 is 2.08 bits per heavy atom. The van der Waals surface area contributed by atoms with E-state index in [-0.39, 0.29) is 10.9 Å². The maximum Gasteiger partial charge on any atom is 0.249 e. The number of nitrogens with one attached hydrogen (secondary N) is 1. The number of rotatable bonds is 4. The molecule has 3 unspecified atom stereocenters. The maximum atomic E-state index is 12.2. The Hall–Kier alpha value is -1.40. The van der Waals surface area contributed by atoms with Crippen LogP contribution in [0.2, 0.25) is 5.02 Å². The van der Waals surface area contributed by atoms with Gasteiger partial charge in [-0.25, -0.2) is 18.4 Å². The van der Waals surface area contributed by atoms with Gasteiger partial charge in [0.05, 0.1) is 11.3 Å². The van der Waals surface area contributed by atoms with Gasteiger partial charge in [-0.15, -0.1) is 0 Å². The third-order valence-corrected chi connectivity index (χ3v) is 7.09. The minimum atomic E-state index is -3.46. The Kier molecular flexibility index (Phi) is 3.92. The van der Waals surface area contributed by atoms with Crippen molar-refractivity contribution in [1.82, 2.24) is 9.97 Å². The van der Waals surface area contributed by atoms with E-state index in [1.807, 2.05) is 0 Å². The molecule has 5 nitrogen and oxygen atoms in total. The highest BCUT2D eigenvalue weighted by Crippen LogP contribution is 2.45. The van der Waals surface area contributed by atoms with Gasteiger partial charge in [0.2, 0.25) is 15.0 Å². The number of fused-ring (bicyclic) bond motifs is 3. The quantitative estimate of drug-likeness (QED) is 0.837. The Bertz CT molecular complexity index is 900. The van der Waals surface area contributed by atoms with Crippen LogP contribution in [-0.2, 0) is 9.84 Å². The summed E-state index contributed by atoms with van der Waals surface area (Å²) in [6.07, 6.45) is 4.95. The molecule has 2 fully saturated rings. The SMILES string of the molecule is CCS(=O)(=O)c1nc(NC2CC3CCC2C3)c2cc(Cl)ccc2n1. The zero-order chi connectivity index (χ0) is 16.9. The molecule has 2 saturated carbocycles. The van der Waals surface area contributed by atoms with Gasteiger partial charge in [0.25, 0.3) is 0 Å². The smallest absolute Gasteiger partial charge is 0.249 e. The summed E-state index contributed by atoms with van der Waals surface area (Å²) < 4.78 is 24.5. The lowest BCUT2D eigenvalue weighted by atomic mass is 9.95. The van der Waals surface area contributed by atoms with E-state index in [9.17, 15) is 8.42 Å². The Balaban J connectivity index is 1.80. The lowest BCUT2D eigenvalue weighted by Crippen LogP contribution is -2.27. The van der Waals surface area contributed by atoms with Gasteiger partial charge in [-0.05, 0) is 49.3 Å². The van der Waals surface area contributed by atoms with Crippen molar-refractivity contribution in [2.24, 2.45) is 11.8 Å². The Labute approximate surface area is 146 Å². The standard InChI is InChI=1S/C17H20ClN3O2S/c1-2-24(22,23)17-20-14-6-5-12(18)9-13(14)16(21-17)19-15-8-10-3-4-11(15)7-10/h5-6,9-11,15H,2-4,7-8H2,1H3,(H,19,20,21). The van der Waals surface area contributed by atoms with Gasteiger partial charge in [0.15, 0.2) is 0 Å². The summed E-state index contributed by atoms with van der Waals surface area (Å²) >= 11 is 6.13. The lowest BCUT2D eigenvalue weighted by molar-refractivity contribution is 0.439. The summed E-state index contributed by atoms with van der Waals surface area (Å²) in [6, 6.07) is 5.63. The number of halogens is 1. The van der Waals surface area contributed by atoms with E-state index < -0.39 is 9.84 Å². The molecule has 24 heavy (non-hydrogen) atoms. The molecule has 2 aliphatic rings. The van der Waals surface area contributed by atoms with Gasteiger partial charge in [-0.1, -0.05) is 24.9 Å². The molecule has 0 radical (unpaired) electrons. The molecule has 3 atom stereocenters. The molecule has 4 rings (SSSR count). The molecule has 0 saturated heterocycles. The fraction of sp³-hybridized carbons (Fsp3) is 0.529. The van der Waals surface area contributed by atoms with Crippen molar-refractivity contribution in [3.63, 3.8) is 0 Å². The molecule has 0 aliphatic heterocycles. The predicted molar refractivity (Wildman–Crippen MR) is 95.1 cm³/mol. The van der Waals surface area contributed by atoms with Crippen molar-refractivity contribution in [2.75, 3.05) is 11.1 Å². The van der Waals surface area contributed by atoms with Crippen LogP contribution in [0.15, 0.2) is 23.4 Å². The molecule has 1 aromatic heterocycles. The molecule has 2 aromatic rings. The van der Waals surface area contributed by atoms with E-state index in [1.54, 1.807) is 25.1 Å². The average Bonchev–Trinajstić information content (AvgIpc) is 3.18. The molecule has 1 heterocycles. The van der Waals surface area contributed by atoms with Crippen molar-refractivity contribution in [2.45, 2.75) is 43.8 Å². The second kappa shape index (κ2) is 5.85. The highest BCUT2D eigenvalue weighted by Gasteiger charge is 2.39. The van der Waals surface area contributed by atoms with Crippen LogP contribution in [0.1, 0.15) is 32.6 Å². The minimum absolute atomic E-state index is 0.0142. The molecule has 1 N–H and O–H groups in total. The number of hydrogen-bond acceptors (Lipinski definition) is 5. The first-order valence-electron chi connectivity index (χ1n) is 8.43. The number of aromatic nitrogens is 2. The minimum Gasteiger partial charge on any atom is -0.366 e. The van der Waals surface area contributed by atoms with E-state index in [0.29, 0.717) is 28.3 Å². The van der Waals surface area contributed by atoms with Gasteiger partial charge < -0.3 is 5.32 Å². The van der Waals surface area contributed by atoms with Crippen molar-refractivity contribution in [3.8, 4) is 0 Å². The van der Waals surface area contributed by atoms with Gasteiger partial charge in [0.1, 0.15) is 5.82 Å². The Morgan fingerprint density at radius 1 is 1.25 bits per heavy atom. The monoisotopic (exact) mass is 365 g/mol. The molecule has 2 bridgehead atoms. The molecule has 0 spiro atoms. The first kappa shape index (κ1) is 16.1. The van der Waals surface area contributed by atoms with Crippen LogP contribution in [0.3, 0.4) is 0 Å². The van der Waals surface area contributed by atoms with Crippen LogP contribution in [0, 0.1) is 11.8 Å². The summed E-state index contributed by atoms with van der Waals surface area (Å²) in [4.78, 5) is 8.61. The summed E-state index contributed by atoms with van der Waals surface area (Å²) in [5, 5.41) is 4.77. The highest BCUT2D eigenvalue weighted by atomic mass is 35.5. The number of sulfone groups is 1. The topological polar surface area (TPSA) is 72.0 Å². The van der Waals surface area contributed by atoms with Gasteiger partial charge in [-0.2, -0.15) is 0 Å². The fourth-order valence-electron chi connectivity index (χ4n) is 4.05. The largest absolute Gasteiger partial charge is 0.366 e. The van der Waals surface area contributed by atoms with Crippen LogP contribution in [-0.4, -0.2) is 30.2 Å². The fourth-order valence-corrected chi connectivity index (χ4v) is 4.95. The normalized spacial score (nSPS) is 26.2. The second-order valence-electron chi connectivity index (χ2n) is 6.85. The third-order valence-electron chi connectivity index (χ3n) is 5.36. The van der Waals surface area contributed by atoms with Crippen LogP contribution < -0.4 is 5.32 Å². The van der Waals surface area contributed by atoms with Gasteiger partial charge >= 0.3 is 0 Å².